The average Bonchev–Trinajstić information content (AvgIpc) is 2.93. The van der Waals surface area contributed by atoms with Gasteiger partial charge in [0, 0.05) is 30.6 Å². The number of nitrogens with zero attached hydrogens (tertiary/aromatic N) is 1. The van der Waals surface area contributed by atoms with E-state index in [-0.39, 0.29) is 28.7 Å². The van der Waals surface area contributed by atoms with Gasteiger partial charge in [-0.25, -0.2) is 18.6 Å². The summed E-state index contributed by atoms with van der Waals surface area (Å²) in [7, 11) is 1.50. The van der Waals surface area contributed by atoms with Crippen molar-refractivity contribution in [1.82, 2.24) is 15.0 Å². The van der Waals surface area contributed by atoms with Crippen molar-refractivity contribution in [3.05, 3.63) is 50.9 Å². The highest BCUT2D eigenvalue weighted by Crippen LogP contribution is 2.32. The lowest BCUT2D eigenvalue weighted by atomic mass is 10.2. The van der Waals surface area contributed by atoms with Gasteiger partial charge >= 0.3 is 5.69 Å². The monoisotopic (exact) mass is 401 g/mol. The summed E-state index contributed by atoms with van der Waals surface area (Å²) in [5, 5.41) is 0.631. The van der Waals surface area contributed by atoms with E-state index in [1.165, 1.54) is 13.2 Å². The quantitative estimate of drug-likeness (QED) is 0.468. The maximum atomic E-state index is 14.2. The van der Waals surface area contributed by atoms with Crippen molar-refractivity contribution in [3.63, 3.8) is 0 Å². The van der Waals surface area contributed by atoms with Crippen LogP contribution in [0.25, 0.3) is 11.2 Å². The Kier molecular flexibility index (Phi) is 5.80. The molecule has 6 nitrogen and oxygen atoms in total. The third-order valence-electron chi connectivity index (χ3n) is 3.45. The maximum absolute atomic E-state index is 14.2. The van der Waals surface area contributed by atoms with Crippen LogP contribution < -0.4 is 10.4 Å². The van der Waals surface area contributed by atoms with E-state index in [9.17, 15) is 13.6 Å². The number of halogens is 3. The molecule has 0 saturated carbocycles. The summed E-state index contributed by atoms with van der Waals surface area (Å²) in [6.45, 7) is 0.507. The Bertz CT molecular complexity index is 970. The Morgan fingerprint density at radius 2 is 1.92 bits per heavy atom. The highest BCUT2D eigenvalue weighted by atomic mass is 35.5. The largest absolute Gasteiger partial charge is 0.491 e. The first kappa shape index (κ1) is 18.7. The molecule has 0 fully saturated rings. The molecule has 2 heterocycles. The zero-order chi connectivity index (χ0) is 18.7. The lowest BCUT2D eigenvalue weighted by Gasteiger charge is -2.10. The molecule has 10 heteroatoms. The summed E-state index contributed by atoms with van der Waals surface area (Å²) in [4.78, 5) is 20.5. The van der Waals surface area contributed by atoms with E-state index in [1.807, 2.05) is 0 Å². The van der Waals surface area contributed by atoms with Crippen LogP contribution in [0.2, 0.25) is 5.02 Å². The summed E-state index contributed by atoms with van der Waals surface area (Å²) in [6, 6.07) is 3.77. The molecule has 2 N–H and O–H groups in total. The van der Waals surface area contributed by atoms with Crippen LogP contribution in [-0.2, 0) is 10.5 Å². The van der Waals surface area contributed by atoms with Crippen molar-refractivity contribution in [2.75, 3.05) is 20.3 Å². The van der Waals surface area contributed by atoms with Gasteiger partial charge in [-0.05, 0) is 6.07 Å². The second-order valence-electron chi connectivity index (χ2n) is 5.25. The Morgan fingerprint density at radius 3 is 2.62 bits per heavy atom. The summed E-state index contributed by atoms with van der Waals surface area (Å²) < 4.78 is 38.5. The predicted octanol–water partition coefficient (Wildman–Crippen LogP) is 3.50. The Balaban J connectivity index is 1.77. The first-order valence-electron chi connectivity index (χ1n) is 7.49. The van der Waals surface area contributed by atoms with Crippen molar-refractivity contribution in [1.29, 1.82) is 0 Å². The number of hydrogen-bond acceptors (Lipinski definition) is 5. The minimum absolute atomic E-state index is 0.0249. The number of aromatic amines is 2. The van der Waals surface area contributed by atoms with Crippen LogP contribution in [0.1, 0.15) is 5.56 Å². The molecule has 0 saturated heterocycles. The molecule has 1 aromatic carbocycles. The number of H-pyrrole nitrogens is 2. The van der Waals surface area contributed by atoms with Gasteiger partial charge in [0.1, 0.15) is 29.0 Å². The van der Waals surface area contributed by atoms with E-state index in [2.05, 4.69) is 15.0 Å². The van der Waals surface area contributed by atoms with E-state index < -0.39 is 17.3 Å². The van der Waals surface area contributed by atoms with Crippen molar-refractivity contribution in [2.24, 2.45) is 0 Å². The van der Waals surface area contributed by atoms with E-state index in [1.54, 1.807) is 0 Å². The molecule has 0 unspecified atom stereocenters. The third-order valence-corrected chi connectivity index (χ3v) is 4.87. The molecule has 26 heavy (non-hydrogen) atoms. The Morgan fingerprint density at radius 1 is 1.19 bits per heavy atom. The Labute approximate surface area is 155 Å². The fourth-order valence-electron chi connectivity index (χ4n) is 2.21. The maximum Gasteiger partial charge on any atom is 0.325 e. The van der Waals surface area contributed by atoms with Crippen LogP contribution in [-0.4, -0.2) is 35.3 Å². The van der Waals surface area contributed by atoms with Crippen molar-refractivity contribution < 1.29 is 18.3 Å². The molecule has 0 aliphatic rings. The minimum Gasteiger partial charge on any atom is -0.491 e. The molecular formula is C16H14ClF2N3O3S. The summed E-state index contributed by atoms with van der Waals surface area (Å²) in [5.41, 5.74) is 0.255. The standard InChI is InChI=1S/C16H14ClF2N3O3S/c1-24-2-3-25-8-4-11(18)9(12(19)5-8)7-26-15-10(17)6-13-14(21-15)22-16(23)20-13/h4-6H,2-3,7H2,1H3,(H2,20,21,22,23). The highest BCUT2D eigenvalue weighted by Gasteiger charge is 2.15. The number of hydrogen-bond donors (Lipinski definition) is 2. The molecule has 0 radical (unpaired) electrons. The molecule has 138 valence electrons. The number of thioether (sulfide) groups is 1. The number of nitrogens with one attached hydrogen (secondary N) is 2. The molecule has 3 aromatic rings. The first-order chi connectivity index (χ1) is 12.5. The van der Waals surface area contributed by atoms with Crippen LogP contribution >= 0.6 is 23.4 Å². The van der Waals surface area contributed by atoms with E-state index >= 15 is 0 Å². The second kappa shape index (κ2) is 8.07. The lowest BCUT2D eigenvalue weighted by Crippen LogP contribution is -2.05. The molecule has 0 amide bonds. The zero-order valence-electron chi connectivity index (χ0n) is 13.6. The van der Waals surface area contributed by atoms with E-state index in [4.69, 9.17) is 21.1 Å². The predicted molar refractivity (Wildman–Crippen MR) is 95.0 cm³/mol. The van der Waals surface area contributed by atoms with Crippen LogP contribution in [0.15, 0.2) is 28.0 Å². The van der Waals surface area contributed by atoms with E-state index in [0.717, 1.165) is 23.9 Å². The van der Waals surface area contributed by atoms with Crippen LogP contribution in [0.4, 0.5) is 8.78 Å². The van der Waals surface area contributed by atoms with Crippen molar-refractivity contribution in [3.8, 4) is 5.75 Å². The molecule has 0 aliphatic heterocycles. The second-order valence-corrected chi connectivity index (χ2v) is 6.62. The number of fused-ring (bicyclic) bond motifs is 1. The minimum atomic E-state index is -0.725. The van der Waals surface area contributed by atoms with Crippen molar-refractivity contribution in [2.45, 2.75) is 10.8 Å². The van der Waals surface area contributed by atoms with Gasteiger partial charge in [0.25, 0.3) is 0 Å². The molecule has 0 spiro atoms. The lowest BCUT2D eigenvalue weighted by molar-refractivity contribution is 0.146. The molecule has 0 bridgehead atoms. The molecular weight excluding hydrogens is 388 g/mol. The van der Waals surface area contributed by atoms with Gasteiger partial charge in [0.2, 0.25) is 0 Å². The first-order valence-corrected chi connectivity index (χ1v) is 8.85. The number of benzene rings is 1. The molecule has 0 aliphatic carbocycles. The molecule has 0 atom stereocenters. The fraction of sp³-hybridized carbons (Fsp3) is 0.250. The zero-order valence-corrected chi connectivity index (χ0v) is 15.1. The molecule has 3 rings (SSSR count). The van der Waals surface area contributed by atoms with Crippen LogP contribution in [0.3, 0.4) is 0 Å². The van der Waals surface area contributed by atoms with Gasteiger partial charge in [-0.3, -0.25) is 4.98 Å². The van der Waals surface area contributed by atoms with Gasteiger partial charge < -0.3 is 14.5 Å². The Hall–Kier alpha value is -2.10. The van der Waals surface area contributed by atoms with Crippen LogP contribution in [0, 0.1) is 11.6 Å². The highest BCUT2D eigenvalue weighted by molar-refractivity contribution is 7.98. The SMILES string of the molecule is COCCOc1cc(F)c(CSc2nc3[nH]c(=O)[nH]c3cc2Cl)c(F)c1. The summed E-state index contributed by atoms with van der Waals surface area (Å²) in [5.74, 6) is -1.38. The molecule has 2 aromatic heterocycles. The summed E-state index contributed by atoms with van der Waals surface area (Å²) >= 11 is 7.18. The van der Waals surface area contributed by atoms with E-state index in [0.29, 0.717) is 22.8 Å². The van der Waals surface area contributed by atoms with Gasteiger partial charge in [0.05, 0.1) is 17.1 Å². The third kappa shape index (κ3) is 4.17. The van der Waals surface area contributed by atoms with Gasteiger partial charge in [-0.1, -0.05) is 23.4 Å². The van der Waals surface area contributed by atoms with Crippen molar-refractivity contribution >= 4 is 34.5 Å². The van der Waals surface area contributed by atoms with Crippen LogP contribution in [0.5, 0.6) is 5.75 Å². The van der Waals surface area contributed by atoms with Gasteiger partial charge in [-0.15, -0.1) is 0 Å². The number of rotatable bonds is 7. The number of aromatic nitrogens is 3. The van der Waals surface area contributed by atoms with Gasteiger partial charge in [-0.2, -0.15) is 0 Å². The normalized spacial score (nSPS) is 11.2. The van der Waals surface area contributed by atoms with Gasteiger partial charge in [0.15, 0.2) is 5.65 Å². The number of ether oxygens (including phenoxy) is 2. The summed E-state index contributed by atoms with van der Waals surface area (Å²) in [6.07, 6.45) is 0. The number of pyridine rings is 1. The number of methoxy groups -OCH3 is 1. The topological polar surface area (TPSA) is 80.0 Å². The fourth-order valence-corrected chi connectivity index (χ4v) is 3.43. The smallest absolute Gasteiger partial charge is 0.325 e. The number of imidazole rings is 1. The average molecular weight is 402 g/mol.